The van der Waals surface area contributed by atoms with Crippen LogP contribution in [0, 0.1) is 0 Å². The lowest BCUT2D eigenvalue weighted by atomic mass is 10.2. The van der Waals surface area contributed by atoms with Gasteiger partial charge in [0.25, 0.3) is 5.91 Å². The largest absolute Gasteiger partial charge is 0.493 e. The smallest absolute Gasteiger partial charge is 0.262 e. The van der Waals surface area contributed by atoms with Crippen molar-refractivity contribution in [1.29, 1.82) is 0 Å². The van der Waals surface area contributed by atoms with Gasteiger partial charge in [-0.25, -0.2) is 8.42 Å². The quantitative estimate of drug-likeness (QED) is 0.722. The van der Waals surface area contributed by atoms with Crippen LogP contribution in [0.2, 0.25) is 0 Å². The summed E-state index contributed by atoms with van der Waals surface area (Å²) in [5.74, 6) is 0.654. The fourth-order valence-corrected chi connectivity index (χ4v) is 2.84. The predicted octanol–water partition coefficient (Wildman–Crippen LogP) is 3.12. The molecule has 2 N–H and O–H groups in total. The van der Waals surface area contributed by atoms with E-state index in [9.17, 15) is 13.2 Å². The zero-order valence-corrected chi connectivity index (χ0v) is 16.2. The lowest BCUT2D eigenvalue weighted by Gasteiger charge is -2.12. The Balaban J connectivity index is 1.94. The number of amides is 1. The van der Waals surface area contributed by atoms with E-state index < -0.39 is 10.0 Å². The van der Waals surface area contributed by atoms with Crippen molar-refractivity contribution in [2.45, 2.75) is 6.92 Å². The van der Waals surface area contributed by atoms with Gasteiger partial charge < -0.3 is 14.8 Å². The number of carbonyl (C=O) groups is 1. The Hall–Kier alpha value is -3.00. The molecule has 0 heterocycles. The molecule has 2 rings (SSSR count). The fraction of sp³-hybridized carbons (Fsp3) is 0.211. The third kappa shape index (κ3) is 6.67. The summed E-state index contributed by atoms with van der Waals surface area (Å²) in [5.41, 5.74) is 1.91. The summed E-state index contributed by atoms with van der Waals surface area (Å²) in [6.07, 6.45) is 4.92. The molecule has 144 valence electrons. The van der Waals surface area contributed by atoms with Crippen LogP contribution < -0.4 is 19.5 Å². The lowest BCUT2D eigenvalue weighted by molar-refractivity contribution is -0.118. The minimum Gasteiger partial charge on any atom is -0.493 e. The van der Waals surface area contributed by atoms with Crippen LogP contribution in [0.25, 0.3) is 6.08 Å². The zero-order valence-electron chi connectivity index (χ0n) is 15.4. The Morgan fingerprint density at radius 1 is 1.07 bits per heavy atom. The molecule has 2 aromatic carbocycles. The van der Waals surface area contributed by atoms with Crippen molar-refractivity contribution >= 4 is 33.4 Å². The van der Waals surface area contributed by atoms with E-state index in [1.807, 2.05) is 31.2 Å². The molecule has 0 saturated carbocycles. The number of benzene rings is 2. The molecule has 8 heteroatoms. The van der Waals surface area contributed by atoms with Crippen molar-refractivity contribution in [2.75, 3.05) is 30.0 Å². The van der Waals surface area contributed by atoms with Crippen molar-refractivity contribution in [3.05, 3.63) is 54.1 Å². The summed E-state index contributed by atoms with van der Waals surface area (Å²) in [6.45, 7) is 1.73. The third-order valence-corrected chi connectivity index (χ3v) is 3.98. The van der Waals surface area contributed by atoms with Crippen LogP contribution in [0.3, 0.4) is 0 Å². The van der Waals surface area contributed by atoms with Crippen LogP contribution in [0.1, 0.15) is 12.5 Å². The van der Waals surface area contributed by atoms with Crippen molar-refractivity contribution in [1.82, 2.24) is 0 Å². The molecule has 0 unspecified atom stereocenters. The first-order valence-corrected chi connectivity index (χ1v) is 10.0. The van der Waals surface area contributed by atoms with Gasteiger partial charge in [-0.1, -0.05) is 18.2 Å². The molecule has 0 aliphatic heterocycles. The number of hydrogen-bond acceptors (Lipinski definition) is 5. The van der Waals surface area contributed by atoms with Gasteiger partial charge in [-0.2, -0.15) is 0 Å². The van der Waals surface area contributed by atoms with Gasteiger partial charge in [0.05, 0.1) is 13.4 Å². The summed E-state index contributed by atoms with van der Waals surface area (Å²) in [6, 6.07) is 11.7. The topological polar surface area (TPSA) is 93.7 Å². The summed E-state index contributed by atoms with van der Waals surface area (Å²) < 4.78 is 35.5. The maximum absolute atomic E-state index is 12.1. The molecule has 0 radical (unpaired) electrons. The molecule has 7 nitrogen and oxygen atoms in total. The Labute approximate surface area is 159 Å². The zero-order chi connectivity index (χ0) is 19.9. The van der Waals surface area contributed by atoms with E-state index in [-0.39, 0.29) is 12.5 Å². The second-order valence-corrected chi connectivity index (χ2v) is 7.45. The van der Waals surface area contributed by atoms with E-state index in [0.717, 1.165) is 11.8 Å². The second-order valence-electron chi connectivity index (χ2n) is 5.70. The van der Waals surface area contributed by atoms with Gasteiger partial charge in [-0.3, -0.25) is 9.52 Å². The molecule has 0 aliphatic rings. The number of rotatable bonds is 8. The van der Waals surface area contributed by atoms with E-state index in [1.54, 1.807) is 30.3 Å². The summed E-state index contributed by atoms with van der Waals surface area (Å²) in [7, 11) is -1.80. The molecular weight excluding hydrogens is 368 g/mol. The SMILES string of the molecule is C/C=C/c1ccc(OCC(=O)Nc2ccc(NS(C)(=O)=O)cc2)c(OC)c1. The standard InChI is InChI=1S/C19H22N2O5S/c1-4-5-14-6-11-17(18(12-14)25-2)26-13-19(22)20-15-7-9-16(10-8-15)21-27(3,23)24/h4-12,21H,13H2,1-3H3,(H,20,22)/b5-4+. The summed E-state index contributed by atoms with van der Waals surface area (Å²) >= 11 is 0. The van der Waals surface area contributed by atoms with E-state index in [1.165, 1.54) is 7.11 Å². The molecule has 0 fully saturated rings. The highest BCUT2D eigenvalue weighted by atomic mass is 32.2. The molecule has 0 atom stereocenters. The van der Waals surface area contributed by atoms with Crippen molar-refractivity contribution in [2.24, 2.45) is 0 Å². The van der Waals surface area contributed by atoms with E-state index >= 15 is 0 Å². The highest BCUT2D eigenvalue weighted by molar-refractivity contribution is 7.92. The number of hydrogen-bond donors (Lipinski definition) is 2. The van der Waals surface area contributed by atoms with Crippen molar-refractivity contribution in [3.63, 3.8) is 0 Å². The number of sulfonamides is 1. The van der Waals surface area contributed by atoms with Crippen LogP contribution in [0.5, 0.6) is 11.5 Å². The molecule has 1 amide bonds. The number of methoxy groups -OCH3 is 1. The number of anilines is 2. The van der Waals surface area contributed by atoms with Crippen LogP contribution >= 0.6 is 0 Å². The van der Waals surface area contributed by atoms with Gasteiger partial charge in [0.2, 0.25) is 10.0 Å². The maximum atomic E-state index is 12.1. The van der Waals surface area contributed by atoms with E-state index in [0.29, 0.717) is 22.9 Å². The first-order valence-electron chi connectivity index (χ1n) is 8.12. The normalized spacial score (nSPS) is 11.2. The van der Waals surface area contributed by atoms with E-state index in [2.05, 4.69) is 10.0 Å². The van der Waals surface area contributed by atoms with Crippen LogP contribution in [0.4, 0.5) is 11.4 Å². The highest BCUT2D eigenvalue weighted by Gasteiger charge is 2.09. The van der Waals surface area contributed by atoms with Crippen LogP contribution in [-0.4, -0.2) is 34.3 Å². The number of ether oxygens (including phenoxy) is 2. The van der Waals surface area contributed by atoms with Crippen molar-refractivity contribution < 1.29 is 22.7 Å². The minimum absolute atomic E-state index is 0.192. The lowest BCUT2D eigenvalue weighted by Crippen LogP contribution is -2.20. The van der Waals surface area contributed by atoms with Gasteiger partial charge in [-0.05, 0) is 48.9 Å². The third-order valence-electron chi connectivity index (χ3n) is 3.38. The average molecular weight is 390 g/mol. The van der Waals surface area contributed by atoms with Gasteiger partial charge in [0, 0.05) is 11.4 Å². The van der Waals surface area contributed by atoms with Crippen LogP contribution in [0.15, 0.2) is 48.5 Å². The fourth-order valence-electron chi connectivity index (χ4n) is 2.28. The number of nitrogens with one attached hydrogen (secondary N) is 2. The molecule has 0 aliphatic carbocycles. The van der Waals surface area contributed by atoms with Gasteiger partial charge in [0.15, 0.2) is 18.1 Å². The van der Waals surface area contributed by atoms with Crippen LogP contribution in [-0.2, 0) is 14.8 Å². The first kappa shape index (κ1) is 20.3. The highest BCUT2D eigenvalue weighted by Crippen LogP contribution is 2.28. The molecule has 0 bridgehead atoms. The Morgan fingerprint density at radius 3 is 2.33 bits per heavy atom. The summed E-state index contributed by atoms with van der Waals surface area (Å²) in [5, 5.41) is 2.68. The van der Waals surface area contributed by atoms with Gasteiger partial charge in [-0.15, -0.1) is 0 Å². The molecule has 0 saturated heterocycles. The Kier molecular flexibility index (Phi) is 6.84. The van der Waals surface area contributed by atoms with Gasteiger partial charge >= 0.3 is 0 Å². The molecule has 0 spiro atoms. The first-order chi connectivity index (χ1) is 12.8. The Bertz CT molecular complexity index is 922. The maximum Gasteiger partial charge on any atom is 0.262 e. The molecular formula is C19H22N2O5S. The monoisotopic (exact) mass is 390 g/mol. The van der Waals surface area contributed by atoms with E-state index in [4.69, 9.17) is 9.47 Å². The average Bonchev–Trinajstić information content (AvgIpc) is 2.61. The predicted molar refractivity (Wildman–Crippen MR) is 107 cm³/mol. The number of carbonyl (C=O) groups excluding carboxylic acids is 1. The van der Waals surface area contributed by atoms with Crippen molar-refractivity contribution in [3.8, 4) is 11.5 Å². The minimum atomic E-state index is -3.34. The number of allylic oxidation sites excluding steroid dienone is 1. The Morgan fingerprint density at radius 2 is 1.74 bits per heavy atom. The molecule has 27 heavy (non-hydrogen) atoms. The summed E-state index contributed by atoms with van der Waals surface area (Å²) in [4.78, 5) is 12.1. The second kappa shape index (κ2) is 9.09. The molecule has 2 aromatic rings. The van der Waals surface area contributed by atoms with Gasteiger partial charge in [0.1, 0.15) is 0 Å². The molecule has 0 aromatic heterocycles.